The van der Waals surface area contributed by atoms with E-state index in [1.165, 1.54) is 11.3 Å². The Morgan fingerprint density at radius 3 is 2.91 bits per heavy atom. The maximum absolute atomic E-state index is 16.7. The van der Waals surface area contributed by atoms with Gasteiger partial charge in [-0.2, -0.15) is 19.6 Å². The summed E-state index contributed by atoms with van der Waals surface area (Å²) in [5.41, 5.74) is 14.5. The molecule has 7 heterocycles. The number of pyridine rings is 1. The van der Waals surface area contributed by atoms with Crippen LogP contribution in [-0.2, 0) is 15.2 Å². The molecule has 3 aromatic heterocycles. The fourth-order valence-corrected chi connectivity index (χ4v) is 10.0. The molecule has 11 nitrogen and oxygen atoms in total. The topological polar surface area (TPSA) is 143 Å². The van der Waals surface area contributed by atoms with E-state index >= 15 is 4.39 Å². The number of morpholine rings is 1. The first kappa shape index (κ1) is 29.3. The van der Waals surface area contributed by atoms with E-state index in [1.807, 2.05) is 35.8 Å². The zero-order valence-electron chi connectivity index (χ0n) is 24.9. The zero-order valence-corrected chi connectivity index (χ0v) is 26.5. The lowest BCUT2D eigenvalue weighted by Gasteiger charge is -2.48. The highest BCUT2D eigenvalue weighted by Gasteiger charge is 2.53. The molecule has 0 bridgehead atoms. The molecule has 232 valence electrons. The second-order valence-corrected chi connectivity index (χ2v) is 14.4. The summed E-state index contributed by atoms with van der Waals surface area (Å²) in [4.78, 5) is 21.0. The Morgan fingerprint density at radius 2 is 2.14 bits per heavy atom. The largest absolute Gasteiger partial charge is 0.461 e. The standard InChI is InChI=1S/C30H36FN9O2S2/c1-3-40(18(2)19-6-4-8-35-24(19)33)27-23(31)26(36-28(37-27)42-17-29-7-5-9-39(29)10-11-41-16-29)38-14-30(15-38)22-20(12-32)25(34)44-21(22)13-43-30/h4,6,8,18H,3,5,7,9-11,13-17,34H2,1-2H3,(H2,33,35)/t18-,29?/m1/s1. The lowest BCUT2D eigenvalue weighted by atomic mass is 9.88. The molecular formula is C30H36FN9O2S2. The number of hydrogen-bond donors (Lipinski definition) is 2. The lowest BCUT2D eigenvalue weighted by molar-refractivity contribution is -0.0665. The Bertz CT molecular complexity index is 1620. The molecule has 4 aliphatic rings. The van der Waals surface area contributed by atoms with Gasteiger partial charge in [-0.3, -0.25) is 4.90 Å². The van der Waals surface area contributed by atoms with Gasteiger partial charge in [-0.1, -0.05) is 6.07 Å². The van der Waals surface area contributed by atoms with Gasteiger partial charge in [0.2, 0.25) is 5.82 Å². The van der Waals surface area contributed by atoms with Gasteiger partial charge in [0.05, 0.1) is 35.1 Å². The van der Waals surface area contributed by atoms with Gasteiger partial charge in [0.1, 0.15) is 23.5 Å². The molecular weight excluding hydrogens is 602 g/mol. The third-order valence-electron chi connectivity index (χ3n) is 9.53. The van der Waals surface area contributed by atoms with Crippen molar-refractivity contribution < 1.29 is 13.9 Å². The molecule has 4 aliphatic heterocycles. The highest BCUT2D eigenvalue weighted by molar-refractivity contribution is 8.00. The predicted octanol–water partition coefficient (Wildman–Crippen LogP) is 3.90. The number of nitriles is 1. The van der Waals surface area contributed by atoms with Gasteiger partial charge < -0.3 is 30.7 Å². The van der Waals surface area contributed by atoms with E-state index in [0.29, 0.717) is 55.8 Å². The molecule has 4 N–H and O–H groups in total. The molecule has 1 spiro atoms. The maximum atomic E-state index is 16.7. The average Bonchev–Trinajstić information content (AvgIpc) is 3.69. The Kier molecular flexibility index (Phi) is 7.47. The number of nitrogens with two attached hydrogens (primary N) is 2. The third kappa shape index (κ3) is 4.63. The number of aromatic nitrogens is 3. The highest BCUT2D eigenvalue weighted by Crippen LogP contribution is 2.58. The van der Waals surface area contributed by atoms with Crippen molar-refractivity contribution in [2.24, 2.45) is 0 Å². The molecule has 0 radical (unpaired) electrons. The minimum Gasteiger partial charge on any atom is -0.461 e. The number of rotatable bonds is 8. The smallest absolute Gasteiger partial charge is 0.320 e. The summed E-state index contributed by atoms with van der Waals surface area (Å²) in [5, 5.41) is 10.4. The fraction of sp³-hybridized carbons (Fsp3) is 0.533. The number of ether oxygens (including phenoxy) is 2. The Balaban J connectivity index is 1.24. The predicted molar refractivity (Wildman–Crippen MR) is 171 cm³/mol. The van der Waals surface area contributed by atoms with Crippen molar-refractivity contribution in [1.82, 2.24) is 19.9 Å². The van der Waals surface area contributed by atoms with Crippen LogP contribution in [0.4, 0.5) is 26.8 Å². The van der Waals surface area contributed by atoms with Crippen molar-refractivity contribution in [3.63, 3.8) is 0 Å². The van der Waals surface area contributed by atoms with Crippen molar-refractivity contribution in [3.05, 3.63) is 45.7 Å². The Labute approximate surface area is 264 Å². The summed E-state index contributed by atoms with van der Waals surface area (Å²) in [7, 11) is 0. The summed E-state index contributed by atoms with van der Waals surface area (Å²) in [6.07, 6.45) is 3.68. The first-order valence-corrected chi connectivity index (χ1v) is 16.8. The lowest BCUT2D eigenvalue weighted by Crippen LogP contribution is -2.57. The van der Waals surface area contributed by atoms with E-state index in [4.69, 9.17) is 20.9 Å². The molecule has 0 amide bonds. The summed E-state index contributed by atoms with van der Waals surface area (Å²) in [5.74, 6) is 1.02. The minimum atomic E-state index is -0.515. The van der Waals surface area contributed by atoms with Crippen molar-refractivity contribution in [2.45, 2.75) is 48.8 Å². The van der Waals surface area contributed by atoms with Crippen LogP contribution in [0.3, 0.4) is 0 Å². The quantitative estimate of drug-likeness (QED) is 0.370. The van der Waals surface area contributed by atoms with Crippen LogP contribution in [0.15, 0.2) is 18.3 Å². The molecule has 44 heavy (non-hydrogen) atoms. The number of fused-ring (bicyclic) bond motifs is 3. The van der Waals surface area contributed by atoms with E-state index in [1.54, 1.807) is 18.0 Å². The maximum Gasteiger partial charge on any atom is 0.320 e. The van der Waals surface area contributed by atoms with Crippen LogP contribution in [0.1, 0.15) is 54.3 Å². The number of hydrogen-bond acceptors (Lipinski definition) is 13. The van der Waals surface area contributed by atoms with Gasteiger partial charge in [-0.05, 0) is 39.3 Å². The van der Waals surface area contributed by atoms with Crippen LogP contribution in [0, 0.1) is 17.1 Å². The summed E-state index contributed by atoms with van der Waals surface area (Å²) in [6.45, 7) is 8.94. The number of nitrogen functional groups attached to an aromatic ring is 2. The van der Waals surface area contributed by atoms with E-state index < -0.39 is 5.82 Å². The number of thiophene rings is 1. The first-order chi connectivity index (χ1) is 21.3. The van der Waals surface area contributed by atoms with E-state index in [-0.39, 0.29) is 34.0 Å². The van der Waals surface area contributed by atoms with Crippen LogP contribution in [0.25, 0.3) is 0 Å². The van der Waals surface area contributed by atoms with Crippen molar-refractivity contribution in [2.75, 3.05) is 73.8 Å². The van der Waals surface area contributed by atoms with Crippen LogP contribution in [0.2, 0.25) is 0 Å². The van der Waals surface area contributed by atoms with Crippen LogP contribution in [-0.4, -0.2) is 77.9 Å². The van der Waals surface area contributed by atoms with Gasteiger partial charge in [0.15, 0.2) is 11.6 Å². The Hall–Kier alpha value is -3.38. The highest BCUT2D eigenvalue weighted by atomic mass is 32.2. The van der Waals surface area contributed by atoms with Gasteiger partial charge in [-0.15, -0.1) is 23.1 Å². The molecule has 3 saturated heterocycles. The molecule has 2 atom stereocenters. The molecule has 3 aromatic rings. The van der Waals surface area contributed by atoms with Gasteiger partial charge >= 0.3 is 6.01 Å². The van der Waals surface area contributed by atoms with Crippen LogP contribution < -0.4 is 26.0 Å². The molecule has 3 fully saturated rings. The molecule has 14 heteroatoms. The fourth-order valence-electron chi connectivity index (χ4n) is 7.21. The van der Waals surface area contributed by atoms with Gasteiger partial charge in [-0.25, -0.2) is 4.98 Å². The zero-order chi connectivity index (χ0) is 30.6. The Morgan fingerprint density at radius 1 is 1.30 bits per heavy atom. The normalized spacial score (nSPS) is 22.7. The van der Waals surface area contributed by atoms with Gasteiger partial charge in [0.25, 0.3) is 0 Å². The molecule has 0 saturated carbocycles. The molecule has 0 aromatic carbocycles. The summed E-state index contributed by atoms with van der Waals surface area (Å²) in [6, 6.07) is 5.85. The van der Waals surface area contributed by atoms with E-state index in [9.17, 15) is 5.26 Å². The number of halogens is 1. The second-order valence-electron chi connectivity index (χ2n) is 12.0. The number of anilines is 4. The molecule has 0 aliphatic carbocycles. The second kappa shape index (κ2) is 11.2. The monoisotopic (exact) mass is 637 g/mol. The minimum absolute atomic E-state index is 0.131. The summed E-state index contributed by atoms with van der Waals surface area (Å²) >= 11 is 3.27. The summed E-state index contributed by atoms with van der Waals surface area (Å²) < 4.78 is 28.6. The van der Waals surface area contributed by atoms with E-state index in [0.717, 1.165) is 47.7 Å². The van der Waals surface area contributed by atoms with Gasteiger partial charge in [0, 0.05) is 54.1 Å². The molecule has 7 rings (SSSR count). The van der Waals surface area contributed by atoms with Crippen LogP contribution >= 0.6 is 23.1 Å². The van der Waals surface area contributed by atoms with Crippen molar-refractivity contribution in [3.8, 4) is 12.1 Å². The third-order valence-corrected chi connectivity index (χ3v) is 12.2. The van der Waals surface area contributed by atoms with E-state index in [2.05, 4.69) is 25.9 Å². The average molecular weight is 638 g/mol. The first-order valence-electron chi connectivity index (χ1n) is 15.0. The number of thioether (sulfide) groups is 1. The number of nitrogens with zero attached hydrogens (tertiary/aromatic N) is 7. The molecule has 1 unspecified atom stereocenters. The van der Waals surface area contributed by atoms with Crippen molar-refractivity contribution >= 4 is 45.6 Å². The SMILES string of the molecule is CCN(c1nc(OCC23CCCN2CCOC3)nc(N2CC3(C2)SCc2sc(N)c(C#N)c23)c1F)[C@H](C)c1cccnc1N. The van der Waals surface area contributed by atoms with Crippen LogP contribution in [0.5, 0.6) is 6.01 Å². The van der Waals surface area contributed by atoms with Crippen molar-refractivity contribution in [1.29, 1.82) is 5.26 Å².